The lowest BCUT2D eigenvalue weighted by Gasteiger charge is -2.30. The van der Waals surface area contributed by atoms with Crippen LogP contribution in [0.25, 0.3) is 0 Å². The van der Waals surface area contributed by atoms with Crippen LogP contribution in [0.5, 0.6) is 5.75 Å². The van der Waals surface area contributed by atoms with Crippen molar-refractivity contribution < 1.29 is 19.1 Å². The van der Waals surface area contributed by atoms with Gasteiger partial charge in [-0.2, -0.15) is 0 Å². The molecule has 4 rings (SSSR count). The topological polar surface area (TPSA) is 91.9 Å². The fraction of sp³-hybridized carbons (Fsp3) is 0.462. The van der Waals surface area contributed by atoms with Gasteiger partial charge >= 0.3 is 6.03 Å². The lowest BCUT2D eigenvalue weighted by molar-refractivity contribution is 0.0858. The maximum absolute atomic E-state index is 13.1. The summed E-state index contributed by atoms with van der Waals surface area (Å²) < 4.78 is 11.1. The SMILES string of the molecule is CCOc1ccc(NC(=O)Nc2ccc(N3CCCCC3)c(C(=O)NCC3CCCO3)c2)cc1. The van der Waals surface area contributed by atoms with E-state index >= 15 is 0 Å². The molecule has 2 aliphatic rings. The highest BCUT2D eigenvalue weighted by molar-refractivity contribution is 6.04. The van der Waals surface area contributed by atoms with Crippen molar-refractivity contribution in [1.82, 2.24) is 5.32 Å². The van der Waals surface area contributed by atoms with Crippen molar-refractivity contribution in [1.29, 1.82) is 0 Å². The molecule has 1 atom stereocenters. The van der Waals surface area contributed by atoms with Gasteiger partial charge < -0.3 is 30.3 Å². The molecule has 2 fully saturated rings. The minimum atomic E-state index is -0.374. The normalized spacial score (nSPS) is 17.8. The van der Waals surface area contributed by atoms with Crippen molar-refractivity contribution in [3.8, 4) is 5.75 Å². The number of rotatable bonds is 8. The quantitative estimate of drug-likeness (QED) is 0.528. The van der Waals surface area contributed by atoms with Gasteiger partial charge in [0.1, 0.15) is 5.75 Å². The number of benzene rings is 2. The molecule has 8 nitrogen and oxygen atoms in total. The second-order valence-corrected chi connectivity index (χ2v) is 8.66. The summed E-state index contributed by atoms with van der Waals surface area (Å²) in [5.74, 6) is 0.604. The zero-order valence-corrected chi connectivity index (χ0v) is 19.8. The highest BCUT2D eigenvalue weighted by Crippen LogP contribution is 2.28. The maximum Gasteiger partial charge on any atom is 0.323 e. The number of carbonyl (C=O) groups excluding carboxylic acids is 2. The van der Waals surface area contributed by atoms with Crippen molar-refractivity contribution in [2.24, 2.45) is 0 Å². The van der Waals surface area contributed by atoms with Crippen molar-refractivity contribution >= 4 is 29.0 Å². The van der Waals surface area contributed by atoms with Gasteiger partial charge in [0.25, 0.3) is 5.91 Å². The predicted octanol–water partition coefficient (Wildman–Crippen LogP) is 4.63. The Kier molecular flexibility index (Phi) is 8.25. The first-order valence-electron chi connectivity index (χ1n) is 12.2. The van der Waals surface area contributed by atoms with Gasteiger partial charge in [-0.1, -0.05) is 0 Å². The number of piperidine rings is 1. The molecule has 0 aromatic heterocycles. The number of amides is 3. The van der Waals surface area contributed by atoms with Gasteiger partial charge in [-0.15, -0.1) is 0 Å². The Morgan fingerprint density at radius 3 is 2.44 bits per heavy atom. The fourth-order valence-corrected chi connectivity index (χ4v) is 4.41. The predicted molar refractivity (Wildman–Crippen MR) is 134 cm³/mol. The summed E-state index contributed by atoms with van der Waals surface area (Å²) in [7, 11) is 0. The van der Waals surface area contributed by atoms with Crippen LogP contribution < -0.4 is 25.6 Å². The molecule has 0 spiro atoms. The van der Waals surface area contributed by atoms with Crippen molar-refractivity contribution in [2.75, 3.05) is 48.4 Å². The highest BCUT2D eigenvalue weighted by Gasteiger charge is 2.22. The van der Waals surface area contributed by atoms with E-state index < -0.39 is 0 Å². The van der Waals surface area contributed by atoms with Gasteiger partial charge in [-0.25, -0.2) is 4.79 Å². The van der Waals surface area contributed by atoms with Crippen LogP contribution in [-0.2, 0) is 4.74 Å². The molecular weight excluding hydrogens is 432 g/mol. The van der Waals surface area contributed by atoms with Crippen molar-refractivity contribution in [3.05, 3.63) is 48.0 Å². The first kappa shape index (κ1) is 23.9. The average molecular weight is 467 g/mol. The third-order valence-corrected chi connectivity index (χ3v) is 6.13. The fourth-order valence-electron chi connectivity index (χ4n) is 4.41. The summed E-state index contributed by atoms with van der Waals surface area (Å²) >= 11 is 0. The molecule has 3 amide bonds. The molecule has 0 saturated carbocycles. The Hall–Kier alpha value is -3.26. The number of ether oxygens (including phenoxy) is 2. The van der Waals surface area contributed by atoms with Crippen LogP contribution in [0, 0.1) is 0 Å². The molecule has 0 radical (unpaired) electrons. The lowest BCUT2D eigenvalue weighted by atomic mass is 10.1. The molecule has 8 heteroatoms. The Bertz CT molecular complexity index is 967. The minimum Gasteiger partial charge on any atom is -0.494 e. The zero-order chi connectivity index (χ0) is 23.8. The second kappa shape index (κ2) is 11.7. The first-order chi connectivity index (χ1) is 16.6. The number of urea groups is 1. The van der Waals surface area contributed by atoms with Crippen LogP contribution in [0.15, 0.2) is 42.5 Å². The smallest absolute Gasteiger partial charge is 0.323 e. The molecule has 2 saturated heterocycles. The number of hydrogen-bond acceptors (Lipinski definition) is 5. The molecule has 2 aliphatic heterocycles. The summed E-state index contributed by atoms with van der Waals surface area (Å²) in [6.07, 6.45) is 5.50. The molecule has 2 aromatic rings. The monoisotopic (exact) mass is 466 g/mol. The molecule has 0 bridgehead atoms. The van der Waals surface area contributed by atoms with E-state index in [1.807, 2.05) is 31.2 Å². The highest BCUT2D eigenvalue weighted by atomic mass is 16.5. The molecule has 2 heterocycles. The molecule has 2 aromatic carbocycles. The Balaban J connectivity index is 1.45. The Labute approximate surface area is 201 Å². The zero-order valence-electron chi connectivity index (χ0n) is 19.8. The third-order valence-electron chi connectivity index (χ3n) is 6.13. The van der Waals surface area contributed by atoms with E-state index in [0.717, 1.165) is 56.8 Å². The number of nitrogens with one attached hydrogen (secondary N) is 3. The van der Waals surface area contributed by atoms with E-state index in [-0.39, 0.29) is 18.0 Å². The third kappa shape index (κ3) is 6.41. The maximum atomic E-state index is 13.1. The van der Waals surface area contributed by atoms with Crippen LogP contribution >= 0.6 is 0 Å². The number of anilines is 3. The average Bonchev–Trinajstić information content (AvgIpc) is 3.38. The number of nitrogens with zero attached hydrogens (tertiary/aromatic N) is 1. The number of carbonyl (C=O) groups is 2. The largest absolute Gasteiger partial charge is 0.494 e. The summed E-state index contributed by atoms with van der Waals surface area (Å²) in [5.41, 5.74) is 2.69. The van der Waals surface area contributed by atoms with Crippen molar-refractivity contribution in [2.45, 2.75) is 45.1 Å². The molecule has 1 unspecified atom stereocenters. The Morgan fingerprint density at radius 1 is 1.00 bits per heavy atom. The van der Waals surface area contributed by atoms with Gasteiger partial charge in [0.05, 0.1) is 18.3 Å². The molecule has 3 N–H and O–H groups in total. The van der Waals surface area contributed by atoms with Crippen LogP contribution in [0.3, 0.4) is 0 Å². The van der Waals surface area contributed by atoms with Gasteiger partial charge in [-0.3, -0.25) is 4.79 Å². The van der Waals surface area contributed by atoms with Crippen molar-refractivity contribution in [3.63, 3.8) is 0 Å². The van der Waals surface area contributed by atoms with E-state index in [1.54, 1.807) is 18.2 Å². The van der Waals surface area contributed by atoms with Crippen LogP contribution in [0.2, 0.25) is 0 Å². The summed E-state index contributed by atoms with van der Waals surface area (Å²) in [4.78, 5) is 28.0. The molecule has 34 heavy (non-hydrogen) atoms. The molecule has 0 aliphatic carbocycles. The lowest BCUT2D eigenvalue weighted by Crippen LogP contribution is -2.35. The molecule has 182 valence electrons. The van der Waals surface area contributed by atoms with E-state index in [4.69, 9.17) is 9.47 Å². The van der Waals surface area contributed by atoms with Crippen LogP contribution in [0.4, 0.5) is 21.9 Å². The van der Waals surface area contributed by atoms with Crippen LogP contribution in [-0.4, -0.2) is 50.9 Å². The van der Waals surface area contributed by atoms with E-state index in [1.165, 1.54) is 6.42 Å². The van der Waals surface area contributed by atoms with Gasteiger partial charge in [0.15, 0.2) is 0 Å². The van der Waals surface area contributed by atoms with E-state index in [2.05, 4.69) is 20.9 Å². The summed E-state index contributed by atoms with van der Waals surface area (Å²) in [6, 6.07) is 12.3. The van der Waals surface area contributed by atoms with Gasteiger partial charge in [0, 0.05) is 43.3 Å². The second-order valence-electron chi connectivity index (χ2n) is 8.66. The summed E-state index contributed by atoms with van der Waals surface area (Å²) in [5, 5.41) is 8.69. The van der Waals surface area contributed by atoms with Gasteiger partial charge in [0.2, 0.25) is 0 Å². The summed E-state index contributed by atoms with van der Waals surface area (Å²) in [6.45, 7) is 5.61. The Morgan fingerprint density at radius 2 is 1.74 bits per heavy atom. The molecular formula is C26H34N4O4. The first-order valence-corrected chi connectivity index (χ1v) is 12.2. The standard InChI is InChI=1S/C26H34N4O4/c1-2-33-21-11-8-19(9-12-21)28-26(32)29-20-10-13-24(30-14-4-3-5-15-30)23(17-20)25(31)27-18-22-7-6-16-34-22/h8-13,17,22H,2-7,14-16,18H2,1H3,(H,27,31)(H2,28,29,32). The van der Waals surface area contributed by atoms with Gasteiger partial charge in [-0.05, 0) is 81.5 Å². The van der Waals surface area contributed by atoms with E-state index in [0.29, 0.717) is 30.1 Å². The minimum absolute atomic E-state index is 0.0728. The van der Waals surface area contributed by atoms with Crippen LogP contribution in [0.1, 0.15) is 49.4 Å². The van der Waals surface area contributed by atoms with E-state index in [9.17, 15) is 9.59 Å². The number of hydrogen-bond donors (Lipinski definition) is 3.